The van der Waals surface area contributed by atoms with Crippen molar-refractivity contribution in [2.24, 2.45) is 0 Å². The summed E-state index contributed by atoms with van der Waals surface area (Å²) in [5.74, 6) is -0.951. The van der Waals surface area contributed by atoms with E-state index in [9.17, 15) is 27.6 Å². The molecule has 1 aliphatic rings. The number of amides is 3. The van der Waals surface area contributed by atoms with E-state index >= 15 is 0 Å². The molecule has 0 atom stereocenters. The van der Waals surface area contributed by atoms with Gasteiger partial charge in [0.1, 0.15) is 0 Å². The van der Waals surface area contributed by atoms with Gasteiger partial charge in [0, 0.05) is 11.1 Å². The van der Waals surface area contributed by atoms with Crippen molar-refractivity contribution in [1.82, 2.24) is 5.32 Å². The molecule has 3 amide bonds. The highest BCUT2D eigenvalue weighted by Gasteiger charge is 2.38. The maximum absolute atomic E-state index is 13.0. The fraction of sp³-hybridized carbons (Fsp3) is 0.227. The van der Waals surface area contributed by atoms with E-state index in [4.69, 9.17) is 0 Å². The molecule has 2 aromatic rings. The lowest BCUT2D eigenvalue weighted by Gasteiger charge is -2.20. The molecule has 1 heterocycles. The summed E-state index contributed by atoms with van der Waals surface area (Å²) < 4.78 is 38.9. The normalized spacial score (nSPS) is 16.2. The molecule has 0 aliphatic carbocycles. The van der Waals surface area contributed by atoms with Crippen molar-refractivity contribution in [2.75, 3.05) is 4.90 Å². The Morgan fingerprint density at radius 1 is 1.03 bits per heavy atom. The number of thioether (sulfide) groups is 1. The minimum atomic E-state index is -4.59. The standard InChI is InChI=1S/C22H19F3N2O3S/c1-21(2,3)26-18(28)14-9-7-13(8-10-14)11-17-19(29)27(20(30)31-17)16-6-4-5-15(12-16)22(23,24)25/h4-12H,1-3H3,(H,26,28)/b17-11-. The van der Waals surface area contributed by atoms with E-state index in [1.54, 1.807) is 24.3 Å². The zero-order chi connectivity index (χ0) is 23.0. The maximum Gasteiger partial charge on any atom is 0.416 e. The number of carbonyl (C=O) groups is 3. The van der Waals surface area contributed by atoms with Crippen LogP contribution in [-0.2, 0) is 11.0 Å². The quantitative estimate of drug-likeness (QED) is 0.632. The van der Waals surface area contributed by atoms with Gasteiger partial charge < -0.3 is 5.32 Å². The highest BCUT2D eigenvalue weighted by Crippen LogP contribution is 2.38. The van der Waals surface area contributed by atoms with Crippen LogP contribution in [0.4, 0.5) is 23.7 Å². The van der Waals surface area contributed by atoms with Crippen LogP contribution in [0, 0.1) is 0 Å². The van der Waals surface area contributed by atoms with E-state index in [0.29, 0.717) is 22.9 Å². The molecule has 162 valence electrons. The van der Waals surface area contributed by atoms with Crippen molar-refractivity contribution < 1.29 is 27.6 Å². The molecule has 9 heteroatoms. The van der Waals surface area contributed by atoms with Crippen LogP contribution in [-0.4, -0.2) is 22.6 Å². The van der Waals surface area contributed by atoms with Gasteiger partial charge >= 0.3 is 6.18 Å². The van der Waals surface area contributed by atoms with Crippen LogP contribution in [0.25, 0.3) is 6.08 Å². The Morgan fingerprint density at radius 2 is 1.68 bits per heavy atom. The lowest BCUT2D eigenvalue weighted by Crippen LogP contribution is -2.40. The Kier molecular flexibility index (Phi) is 6.00. The second-order valence-corrected chi connectivity index (χ2v) is 8.88. The molecule has 0 saturated carbocycles. The van der Waals surface area contributed by atoms with Crippen LogP contribution >= 0.6 is 11.8 Å². The van der Waals surface area contributed by atoms with Crippen LogP contribution in [0.3, 0.4) is 0 Å². The molecule has 1 N–H and O–H groups in total. The first-order valence-electron chi connectivity index (χ1n) is 9.23. The molecule has 5 nitrogen and oxygen atoms in total. The number of alkyl halides is 3. The van der Waals surface area contributed by atoms with E-state index in [1.807, 2.05) is 20.8 Å². The Hall–Kier alpha value is -3.07. The largest absolute Gasteiger partial charge is 0.416 e. The average Bonchev–Trinajstić information content (AvgIpc) is 2.93. The number of hydrogen-bond donors (Lipinski definition) is 1. The molecule has 2 aromatic carbocycles. The first kappa shape index (κ1) is 22.6. The highest BCUT2D eigenvalue weighted by atomic mass is 32.2. The highest BCUT2D eigenvalue weighted by molar-refractivity contribution is 8.19. The Bertz CT molecular complexity index is 1070. The SMILES string of the molecule is CC(C)(C)NC(=O)c1ccc(/C=C2\SC(=O)N(c3cccc(C(F)(F)F)c3)C2=O)cc1. The van der Waals surface area contributed by atoms with Gasteiger partial charge in [-0.25, -0.2) is 4.90 Å². The first-order valence-corrected chi connectivity index (χ1v) is 10.0. The molecule has 31 heavy (non-hydrogen) atoms. The molecule has 0 bridgehead atoms. The van der Waals surface area contributed by atoms with Gasteiger partial charge in [-0.2, -0.15) is 13.2 Å². The monoisotopic (exact) mass is 448 g/mol. The van der Waals surface area contributed by atoms with Gasteiger partial charge in [-0.1, -0.05) is 18.2 Å². The molecule has 1 saturated heterocycles. The summed E-state index contributed by atoms with van der Waals surface area (Å²) in [6, 6.07) is 10.5. The number of hydrogen-bond acceptors (Lipinski definition) is 4. The number of nitrogens with zero attached hydrogens (tertiary/aromatic N) is 1. The fourth-order valence-corrected chi connectivity index (χ4v) is 3.65. The number of nitrogens with one attached hydrogen (secondary N) is 1. The molecule has 1 fully saturated rings. The molecular weight excluding hydrogens is 429 g/mol. The van der Waals surface area contributed by atoms with Crippen LogP contribution in [0.1, 0.15) is 42.3 Å². The summed E-state index contributed by atoms with van der Waals surface area (Å²) in [7, 11) is 0. The number of imide groups is 1. The average molecular weight is 448 g/mol. The van der Waals surface area contributed by atoms with Gasteiger partial charge in [0.05, 0.1) is 16.2 Å². The fourth-order valence-electron chi connectivity index (χ4n) is 2.81. The summed E-state index contributed by atoms with van der Waals surface area (Å²) in [6.45, 7) is 5.58. The summed E-state index contributed by atoms with van der Waals surface area (Å²) >= 11 is 0.641. The lowest BCUT2D eigenvalue weighted by molar-refractivity contribution is -0.137. The maximum atomic E-state index is 13.0. The predicted molar refractivity (Wildman–Crippen MR) is 114 cm³/mol. The number of anilines is 1. The molecule has 0 aromatic heterocycles. The third-order valence-corrected chi connectivity index (χ3v) is 5.05. The van der Waals surface area contributed by atoms with Crippen LogP contribution in [0.5, 0.6) is 0 Å². The Labute approximate surface area is 181 Å². The molecule has 1 aliphatic heterocycles. The number of rotatable bonds is 3. The summed E-state index contributed by atoms with van der Waals surface area (Å²) in [4.78, 5) is 38.0. The molecule has 0 radical (unpaired) electrons. The summed E-state index contributed by atoms with van der Waals surface area (Å²) in [6.07, 6.45) is -3.13. The van der Waals surface area contributed by atoms with Gasteiger partial charge in [0.15, 0.2) is 0 Å². The zero-order valence-electron chi connectivity index (χ0n) is 16.9. The Balaban J connectivity index is 1.82. The van der Waals surface area contributed by atoms with Gasteiger partial charge in [0.2, 0.25) is 0 Å². The second-order valence-electron chi connectivity index (χ2n) is 7.89. The first-order chi connectivity index (χ1) is 14.3. The topological polar surface area (TPSA) is 66.5 Å². The lowest BCUT2D eigenvalue weighted by atomic mass is 10.1. The van der Waals surface area contributed by atoms with Crippen molar-refractivity contribution in [3.05, 3.63) is 70.1 Å². The smallest absolute Gasteiger partial charge is 0.347 e. The van der Waals surface area contributed by atoms with Crippen LogP contribution < -0.4 is 10.2 Å². The van der Waals surface area contributed by atoms with E-state index in [-0.39, 0.29) is 16.5 Å². The van der Waals surface area contributed by atoms with Gasteiger partial charge in [-0.15, -0.1) is 0 Å². The van der Waals surface area contributed by atoms with Crippen molar-refractivity contribution in [2.45, 2.75) is 32.5 Å². The van der Waals surface area contributed by atoms with Gasteiger partial charge in [0.25, 0.3) is 17.1 Å². The summed E-state index contributed by atoms with van der Waals surface area (Å²) in [5.41, 5.74) is -0.476. The second kappa shape index (κ2) is 8.22. The third-order valence-electron chi connectivity index (χ3n) is 4.18. The third kappa shape index (κ3) is 5.35. The van der Waals surface area contributed by atoms with E-state index < -0.39 is 28.4 Å². The zero-order valence-corrected chi connectivity index (χ0v) is 17.7. The minimum Gasteiger partial charge on any atom is -0.347 e. The van der Waals surface area contributed by atoms with Crippen molar-refractivity contribution >= 4 is 40.6 Å². The van der Waals surface area contributed by atoms with Crippen LogP contribution in [0.2, 0.25) is 0 Å². The van der Waals surface area contributed by atoms with Gasteiger partial charge in [-0.3, -0.25) is 14.4 Å². The molecule has 0 spiro atoms. The number of carbonyl (C=O) groups excluding carboxylic acids is 3. The van der Waals surface area contributed by atoms with Crippen molar-refractivity contribution in [3.8, 4) is 0 Å². The van der Waals surface area contributed by atoms with Crippen molar-refractivity contribution in [1.29, 1.82) is 0 Å². The van der Waals surface area contributed by atoms with E-state index in [2.05, 4.69) is 5.32 Å². The van der Waals surface area contributed by atoms with Crippen LogP contribution in [0.15, 0.2) is 53.4 Å². The molecule has 3 rings (SSSR count). The van der Waals surface area contributed by atoms with Gasteiger partial charge in [-0.05, 0) is 74.5 Å². The van der Waals surface area contributed by atoms with Crippen molar-refractivity contribution in [3.63, 3.8) is 0 Å². The molecular formula is C22H19F3N2O3S. The minimum absolute atomic E-state index is 0.0781. The Morgan fingerprint density at radius 3 is 2.26 bits per heavy atom. The number of benzene rings is 2. The van der Waals surface area contributed by atoms with E-state index in [0.717, 1.165) is 23.1 Å². The number of halogens is 3. The molecule has 0 unspecified atom stereocenters. The predicted octanol–water partition coefficient (Wildman–Crippen LogP) is 5.47. The summed E-state index contributed by atoms with van der Waals surface area (Å²) in [5, 5.41) is 2.15. The van der Waals surface area contributed by atoms with E-state index in [1.165, 1.54) is 12.1 Å².